The van der Waals surface area contributed by atoms with Crippen molar-refractivity contribution in [2.45, 2.75) is 45.4 Å². The number of amides is 1. The maximum absolute atomic E-state index is 13.0. The van der Waals surface area contributed by atoms with Crippen LogP contribution in [-0.2, 0) is 11.3 Å². The first-order valence-corrected chi connectivity index (χ1v) is 13.7. The third kappa shape index (κ3) is 5.23. The molecule has 38 heavy (non-hydrogen) atoms. The van der Waals surface area contributed by atoms with Crippen LogP contribution in [0.25, 0.3) is 11.1 Å². The maximum atomic E-state index is 13.0. The number of carbonyl (C=O) groups excluding carboxylic acids is 1. The summed E-state index contributed by atoms with van der Waals surface area (Å²) in [4.78, 5) is 15.4. The summed E-state index contributed by atoms with van der Waals surface area (Å²) < 4.78 is 18.1. The molecular formula is C32H36N2O4. The van der Waals surface area contributed by atoms with Gasteiger partial charge in [-0.1, -0.05) is 68.4 Å². The molecule has 3 saturated heterocycles. The Labute approximate surface area is 224 Å². The van der Waals surface area contributed by atoms with Crippen LogP contribution in [0.15, 0.2) is 72.8 Å². The zero-order valence-electron chi connectivity index (χ0n) is 22.2. The van der Waals surface area contributed by atoms with Gasteiger partial charge >= 0.3 is 6.09 Å². The van der Waals surface area contributed by atoms with Gasteiger partial charge in [0.25, 0.3) is 0 Å². The number of nitrogens with zero attached hydrogens (tertiary/aromatic N) is 1. The Kier molecular flexibility index (Phi) is 6.75. The number of nitrogens with one attached hydrogen (secondary N) is 1. The van der Waals surface area contributed by atoms with Gasteiger partial charge in [-0.2, -0.15) is 0 Å². The van der Waals surface area contributed by atoms with Crippen LogP contribution in [0.3, 0.4) is 0 Å². The fourth-order valence-electron chi connectivity index (χ4n) is 5.94. The molecule has 1 N–H and O–H groups in total. The molecule has 4 heterocycles. The van der Waals surface area contributed by atoms with E-state index in [9.17, 15) is 4.79 Å². The van der Waals surface area contributed by atoms with Crippen LogP contribution in [0, 0.1) is 11.3 Å². The molecule has 6 nitrogen and oxygen atoms in total. The minimum Gasteiger partial charge on any atom is -0.493 e. The van der Waals surface area contributed by atoms with Crippen molar-refractivity contribution >= 4 is 6.09 Å². The molecule has 3 aromatic rings. The van der Waals surface area contributed by atoms with Gasteiger partial charge in [0.05, 0.1) is 12.6 Å². The average molecular weight is 513 g/mol. The number of benzene rings is 3. The van der Waals surface area contributed by atoms with Crippen molar-refractivity contribution in [1.82, 2.24) is 10.2 Å². The van der Waals surface area contributed by atoms with E-state index in [2.05, 4.69) is 66.5 Å². The Balaban J connectivity index is 1.14. The van der Waals surface area contributed by atoms with Crippen molar-refractivity contribution in [1.29, 1.82) is 0 Å². The van der Waals surface area contributed by atoms with E-state index in [-0.39, 0.29) is 23.7 Å². The predicted octanol–water partition coefficient (Wildman–Crippen LogP) is 6.21. The van der Waals surface area contributed by atoms with Gasteiger partial charge in [0.2, 0.25) is 0 Å². The van der Waals surface area contributed by atoms with Gasteiger partial charge in [0.15, 0.2) is 0 Å². The van der Waals surface area contributed by atoms with Gasteiger partial charge in [0, 0.05) is 17.5 Å². The highest BCUT2D eigenvalue weighted by Gasteiger charge is 2.41. The number of hydrogen-bond donors (Lipinski definition) is 1. The lowest BCUT2D eigenvalue weighted by Gasteiger charge is -2.44. The molecule has 6 heteroatoms. The summed E-state index contributed by atoms with van der Waals surface area (Å²) in [6, 6.07) is 24.3. The van der Waals surface area contributed by atoms with E-state index in [1.165, 1.54) is 0 Å². The van der Waals surface area contributed by atoms with E-state index in [1.807, 2.05) is 30.3 Å². The first kappa shape index (κ1) is 24.8. The third-order valence-electron chi connectivity index (χ3n) is 8.26. The Morgan fingerprint density at radius 3 is 2.45 bits per heavy atom. The monoisotopic (exact) mass is 512 g/mol. The second kappa shape index (κ2) is 10.3. The Bertz CT molecular complexity index is 1270. The molecule has 2 atom stereocenters. The Morgan fingerprint density at radius 1 is 1.00 bits per heavy atom. The molecule has 3 aromatic carbocycles. The van der Waals surface area contributed by atoms with Crippen molar-refractivity contribution in [3.63, 3.8) is 0 Å². The zero-order valence-corrected chi connectivity index (χ0v) is 22.2. The smallest absolute Gasteiger partial charge is 0.407 e. The quantitative estimate of drug-likeness (QED) is 0.425. The summed E-state index contributed by atoms with van der Waals surface area (Å²) in [5.74, 6) is 2.12. The van der Waals surface area contributed by atoms with E-state index >= 15 is 0 Å². The average Bonchev–Trinajstić information content (AvgIpc) is 2.95. The van der Waals surface area contributed by atoms with Crippen molar-refractivity contribution in [2.75, 3.05) is 26.2 Å². The SMILES string of the molecule is CC1(C)COc2cc(-c3ccc(OCc4ccccc4)cc3)ccc2C1NC(=O)O[C@H]1CN2CCC1CC2. The van der Waals surface area contributed by atoms with Gasteiger partial charge < -0.3 is 19.5 Å². The molecule has 1 amide bonds. The van der Waals surface area contributed by atoms with Crippen LogP contribution in [0.5, 0.6) is 11.5 Å². The molecule has 4 aliphatic rings. The molecule has 4 aliphatic heterocycles. The molecule has 0 aliphatic carbocycles. The molecule has 198 valence electrons. The van der Waals surface area contributed by atoms with Crippen molar-refractivity contribution in [2.24, 2.45) is 11.3 Å². The molecule has 1 unspecified atom stereocenters. The number of carbonyl (C=O) groups is 1. The van der Waals surface area contributed by atoms with Gasteiger partial charge in [-0.05, 0) is 66.7 Å². The van der Waals surface area contributed by atoms with Gasteiger partial charge in [-0.15, -0.1) is 0 Å². The molecule has 0 radical (unpaired) electrons. The summed E-state index contributed by atoms with van der Waals surface area (Å²) in [6.45, 7) is 8.40. The summed E-state index contributed by atoms with van der Waals surface area (Å²) >= 11 is 0. The maximum Gasteiger partial charge on any atom is 0.407 e. The van der Waals surface area contributed by atoms with Crippen molar-refractivity contribution in [3.05, 3.63) is 83.9 Å². The number of hydrogen-bond acceptors (Lipinski definition) is 5. The number of piperidine rings is 3. The van der Waals surface area contributed by atoms with Crippen molar-refractivity contribution in [3.8, 4) is 22.6 Å². The molecule has 0 aromatic heterocycles. The highest BCUT2D eigenvalue weighted by molar-refractivity contribution is 5.70. The van der Waals surface area contributed by atoms with E-state index in [4.69, 9.17) is 14.2 Å². The fourth-order valence-corrected chi connectivity index (χ4v) is 5.94. The third-order valence-corrected chi connectivity index (χ3v) is 8.26. The van der Waals surface area contributed by atoms with Crippen LogP contribution in [0.1, 0.15) is 43.9 Å². The van der Waals surface area contributed by atoms with E-state index in [0.29, 0.717) is 19.1 Å². The molecule has 7 rings (SSSR count). The summed E-state index contributed by atoms with van der Waals surface area (Å²) in [5, 5.41) is 3.19. The minimum absolute atomic E-state index is 0.0121. The minimum atomic E-state index is -0.329. The molecule has 0 saturated carbocycles. The van der Waals surface area contributed by atoms with E-state index in [1.54, 1.807) is 0 Å². The molecule has 3 fully saturated rings. The van der Waals surface area contributed by atoms with Crippen LogP contribution in [-0.4, -0.2) is 43.3 Å². The summed E-state index contributed by atoms with van der Waals surface area (Å²) in [6.07, 6.45) is 1.89. The Morgan fingerprint density at radius 2 is 1.74 bits per heavy atom. The largest absolute Gasteiger partial charge is 0.493 e. The number of alkyl carbamates (subject to hydrolysis) is 1. The normalized spacial score (nSPS) is 25.1. The number of rotatable bonds is 6. The number of fused-ring (bicyclic) bond motifs is 4. The second-order valence-corrected chi connectivity index (χ2v) is 11.5. The Hall–Kier alpha value is -3.51. The number of ether oxygens (including phenoxy) is 3. The molecule has 2 bridgehead atoms. The van der Waals surface area contributed by atoms with Crippen LogP contribution in [0.2, 0.25) is 0 Å². The van der Waals surface area contributed by atoms with Crippen LogP contribution >= 0.6 is 0 Å². The summed E-state index contributed by atoms with van der Waals surface area (Å²) in [7, 11) is 0. The van der Waals surface area contributed by atoms with Gasteiger partial charge in [-0.3, -0.25) is 4.90 Å². The first-order valence-electron chi connectivity index (χ1n) is 13.7. The van der Waals surface area contributed by atoms with E-state index < -0.39 is 0 Å². The lowest BCUT2D eigenvalue weighted by atomic mass is 9.78. The molecular weight excluding hydrogens is 476 g/mol. The topological polar surface area (TPSA) is 60.0 Å². The second-order valence-electron chi connectivity index (χ2n) is 11.5. The predicted molar refractivity (Wildman–Crippen MR) is 147 cm³/mol. The van der Waals surface area contributed by atoms with Crippen LogP contribution < -0.4 is 14.8 Å². The van der Waals surface area contributed by atoms with Crippen molar-refractivity contribution < 1.29 is 19.0 Å². The van der Waals surface area contributed by atoms with Gasteiger partial charge in [-0.25, -0.2) is 4.79 Å². The van der Waals surface area contributed by atoms with Crippen LogP contribution in [0.4, 0.5) is 4.79 Å². The lowest BCUT2D eigenvalue weighted by Crippen LogP contribution is -2.53. The standard InChI is InChI=1S/C32H36N2O4/c1-32(2)21-37-28-18-25(23-8-11-26(12-9-23)36-20-22-6-4-3-5-7-22)10-13-27(28)30(32)33-31(35)38-29-19-34-16-14-24(29)15-17-34/h3-13,18,24,29-30H,14-17,19-21H2,1-2H3,(H,33,35)/t29-,30?/m0/s1. The van der Waals surface area contributed by atoms with Gasteiger partial charge in [0.1, 0.15) is 24.2 Å². The summed E-state index contributed by atoms with van der Waals surface area (Å²) in [5.41, 5.74) is 4.01. The van der Waals surface area contributed by atoms with E-state index in [0.717, 1.165) is 66.2 Å². The lowest BCUT2D eigenvalue weighted by molar-refractivity contribution is -0.0361. The first-order chi connectivity index (χ1) is 18.4. The highest BCUT2D eigenvalue weighted by atomic mass is 16.6. The highest BCUT2D eigenvalue weighted by Crippen LogP contribution is 2.44. The molecule has 0 spiro atoms. The zero-order chi connectivity index (χ0) is 26.1. The fraction of sp³-hybridized carbons (Fsp3) is 0.406.